The minimum atomic E-state index is -0.728. The second kappa shape index (κ2) is 4.13. The van der Waals surface area contributed by atoms with E-state index in [2.05, 4.69) is 17.9 Å². The van der Waals surface area contributed by atoms with Gasteiger partial charge in [0.15, 0.2) is 0 Å². The number of rotatable bonds is 3. The van der Waals surface area contributed by atoms with E-state index >= 15 is 0 Å². The van der Waals surface area contributed by atoms with Crippen molar-refractivity contribution in [3.05, 3.63) is 11.6 Å². The van der Waals surface area contributed by atoms with Crippen molar-refractivity contribution in [1.29, 1.82) is 0 Å². The molecule has 0 bridgehead atoms. The number of carbonyl (C=O) groups is 1. The summed E-state index contributed by atoms with van der Waals surface area (Å²) < 4.78 is 0. The molecule has 0 unspecified atom stereocenters. The van der Waals surface area contributed by atoms with Gasteiger partial charge in [0.1, 0.15) is 0 Å². The molecule has 0 spiro atoms. The highest BCUT2D eigenvalue weighted by Crippen LogP contribution is 2.31. The maximum atomic E-state index is 11.0. The Morgan fingerprint density at radius 1 is 1.64 bits per heavy atom. The van der Waals surface area contributed by atoms with Crippen LogP contribution in [0.25, 0.3) is 0 Å². The van der Waals surface area contributed by atoms with Crippen LogP contribution in [0, 0.1) is 5.41 Å². The van der Waals surface area contributed by atoms with Crippen LogP contribution in [-0.2, 0) is 4.79 Å². The van der Waals surface area contributed by atoms with Crippen LogP contribution >= 0.6 is 0 Å². The van der Waals surface area contributed by atoms with Gasteiger partial charge in [-0.15, -0.1) is 0 Å². The summed E-state index contributed by atoms with van der Waals surface area (Å²) in [5, 5.41) is 9.06. The van der Waals surface area contributed by atoms with Crippen molar-refractivity contribution in [1.82, 2.24) is 4.90 Å². The molecule has 0 aromatic heterocycles. The molecule has 1 N–H and O–H groups in total. The third-order valence-electron chi connectivity index (χ3n) is 3.08. The first-order valence-electron chi connectivity index (χ1n) is 5.13. The van der Waals surface area contributed by atoms with Crippen molar-refractivity contribution in [2.75, 3.05) is 19.6 Å². The first kappa shape index (κ1) is 11.2. The minimum Gasteiger partial charge on any atom is -0.481 e. The smallest absolute Gasteiger partial charge is 0.313 e. The average Bonchev–Trinajstić information content (AvgIpc) is 2.17. The number of carboxylic acid groups (broad SMARTS) is 1. The SMILES string of the molecule is CCN1CC=C(C(C)(C)C(=O)O)CC1. The van der Waals surface area contributed by atoms with Gasteiger partial charge in [0.05, 0.1) is 5.41 Å². The quantitative estimate of drug-likeness (QED) is 0.701. The van der Waals surface area contributed by atoms with E-state index in [1.807, 2.05) is 0 Å². The van der Waals surface area contributed by atoms with Crippen molar-refractivity contribution in [2.45, 2.75) is 27.2 Å². The Morgan fingerprint density at radius 2 is 2.29 bits per heavy atom. The van der Waals surface area contributed by atoms with Gasteiger partial charge < -0.3 is 5.11 Å². The molecule has 1 aliphatic heterocycles. The fourth-order valence-electron chi connectivity index (χ4n) is 1.70. The van der Waals surface area contributed by atoms with Gasteiger partial charge in [-0.2, -0.15) is 0 Å². The lowest BCUT2D eigenvalue weighted by Crippen LogP contribution is -2.34. The van der Waals surface area contributed by atoms with Crippen molar-refractivity contribution >= 4 is 5.97 Å². The van der Waals surface area contributed by atoms with E-state index in [0.717, 1.165) is 31.6 Å². The van der Waals surface area contributed by atoms with Crippen LogP contribution in [0.1, 0.15) is 27.2 Å². The highest BCUT2D eigenvalue weighted by Gasteiger charge is 2.32. The second-order valence-electron chi connectivity index (χ2n) is 4.30. The Kier molecular flexibility index (Phi) is 3.32. The van der Waals surface area contributed by atoms with Crippen LogP contribution < -0.4 is 0 Å². The molecule has 0 radical (unpaired) electrons. The normalized spacial score (nSPS) is 19.2. The van der Waals surface area contributed by atoms with Crippen LogP contribution in [0.5, 0.6) is 0 Å². The minimum absolute atomic E-state index is 0.695. The topological polar surface area (TPSA) is 40.5 Å². The Balaban J connectivity index is 2.72. The molecule has 0 aromatic carbocycles. The van der Waals surface area contributed by atoms with Crippen molar-refractivity contribution in [3.8, 4) is 0 Å². The average molecular weight is 197 g/mol. The molecular weight excluding hydrogens is 178 g/mol. The first-order valence-corrected chi connectivity index (χ1v) is 5.13. The molecule has 14 heavy (non-hydrogen) atoms. The Morgan fingerprint density at radius 3 is 2.64 bits per heavy atom. The van der Waals surface area contributed by atoms with Gasteiger partial charge in [-0.3, -0.25) is 9.69 Å². The number of carboxylic acids is 1. The monoisotopic (exact) mass is 197 g/mol. The van der Waals surface area contributed by atoms with Crippen LogP contribution in [0.15, 0.2) is 11.6 Å². The number of hydrogen-bond acceptors (Lipinski definition) is 2. The molecule has 0 aliphatic carbocycles. The molecule has 3 heteroatoms. The Bertz CT molecular complexity index is 256. The molecular formula is C11H19NO2. The van der Waals surface area contributed by atoms with Gasteiger partial charge >= 0.3 is 5.97 Å². The molecule has 0 fully saturated rings. The van der Waals surface area contributed by atoms with Gasteiger partial charge in [-0.05, 0) is 26.8 Å². The summed E-state index contributed by atoms with van der Waals surface area (Å²) in [7, 11) is 0. The summed E-state index contributed by atoms with van der Waals surface area (Å²) >= 11 is 0. The summed E-state index contributed by atoms with van der Waals surface area (Å²) in [4.78, 5) is 13.3. The summed E-state index contributed by atoms with van der Waals surface area (Å²) in [5.41, 5.74) is 0.370. The van der Waals surface area contributed by atoms with E-state index in [1.54, 1.807) is 13.8 Å². The van der Waals surface area contributed by atoms with Crippen LogP contribution in [0.4, 0.5) is 0 Å². The molecule has 0 atom stereocenters. The molecule has 1 aliphatic rings. The molecule has 0 saturated heterocycles. The van der Waals surface area contributed by atoms with E-state index in [9.17, 15) is 4.79 Å². The Hall–Kier alpha value is -0.830. The zero-order valence-corrected chi connectivity index (χ0v) is 9.21. The van der Waals surface area contributed by atoms with Gasteiger partial charge in [0.25, 0.3) is 0 Å². The highest BCUT2D eigenvalue weighted by molar-refractivity contribution is 5.77. The van der Waals surface area contributed by atoms with Gasteiger partial charge in [0, 0.05) is 13.1 Å². The molecule has 1 rings (SSSR count). The van der Waals surface area contributed by atoms with Gasteiger partial charge in [-0.1, -0.05) is 18.6 Å². The van der Waals surface area contributed by atoms with Gasteiger partial charge in [-0.25, -0.2) is 0 Å². The van der Waals surface area contributed by atoms with E-state index in [4.69, 9.17) is 5.11 Å². The van der Waals surface area contributed by atoms with E-state index in [0.29, 0.717) is 0 Å². The molecule has 0 saturated carbocycles. The van der Waals surface area contributed by atoms with E-state index in [1.165, 1.54) is 0 Å². The maximum Gasteiger partial charge on any atom is 0.313 e. The lowest BCUT2D eigenvalue weighted by Gasteiger charge is -2.31. The molecule has 0 aromatic rings. The highest BCUT2D eigenvalue weighted by atomic mass is 16.4. The van der Waals surface area contributed by atoms with Crippen molar-refractivity contribution in [2.24, 2.45) is 5.41 Å². The molecule has 80 valence electrons. The first-order chi connectivity index (χ1) is 6.48. The van der Waals surface area contributed by atoms with E-state index < -0.39 is 11.4 Å². The van der Waals surface area contributed by atoms with Crippen LogP contribution in [0.2, 0.25) is 0 Å². The summed E-state index contributed by atoms with van der Waals surface area (Å²) in [6.07, 6.45) is 2.95. The summed E-state index contributed by atoms with van der Waals surface area (Å²) in [5.74, 6) is -0.728. The van der Waals surface area contributed by atoms with Crippen molar-refractivity contribution in [3.63, 3.8) is 0 Å². The molecule has 0 amide bonds. The third kappa shape index (κ3) is 2.15. The fraction of sp³-hybridized carbons (Fsp3) is 0.727. The standard InChI is InChI=1S/C11H19NO2/c1-4-12-7-5-9(6-8-12)11(2,3)10(13)14/h5H,4,6-8H2,1-3H3,(H,13,14). The predicted molar refractivity (Wildman–Crippen MR) is 56.2 cm³/mol. The molecule has 3 nitrogen and oxygen atoms in total. The summed E-state index contributed by atoms with van der Waals surface area (Å²) in [6, 6.07) is 0. The number of aliphatic carboxylic acids is 1. The predicted octanol–water partition coefficient (Wildman–Crippen LogP) is 1.75. The fourth-order valence-corrected chi connectivity index (χ4v) is 1.70. The molecule has 1 heterocycles. The largest absolute Gasteiger partial charge is 0.481 e. The number of likely N-dealkylation sites (N-methyl/N-ethyl adjacent to an activating group) is 1. The second-order valence-corrected chi connectivity index (χ2v) is 4.30. The Labute approximate surface area is 85.4 Å². The van der Waals surface area contributed by atoms with Gasteiger partial charge in [0.2, 0.25) is 0 Å². The van der Waals surface area contributed by atoms with Crippen LogP contribution in [0.3, 0.4) is 0 Å². The van der Waals surface area contributed by atoms with E-state index in [-0.39, 0.29) is 0 Å². The third-order valence-corrected chi connectivity index (χ3v) is 3.08. The number of hydrogen-bond donors (Lipinski definition) is 1. The van der Waals surface area contributed by atoms with Crippen LogP contribution in [-0.4, -0.2) is 35.6 Å². The zero-order chi connectivity index (χ0) is 10.8. The number of nitrogens with zero attached hydrogens (tertiary/aromatic N) is 1. The zero-order valence-electron chi connectivity index (χ0n) is 9.21. The lowest BCUT2D eigenvalue weighted by molar-refractivity contribution is -0.145. The summed E-state index contributed by atoms with van der Waals surface area (Å²) in [6.45, 7) is 8.60. The lowest BCUT2D eigenvalue weighted by atomic mass is 9.81. The maximum absolute atomic E-state index is 11.0. The van der Waals surface area contributed by atoms with Crippen molar-refractivity contribution < 1.29 is 9.90 Å².